The van der Waals surface area contributed by atoms with E-state index < -0.39 is 0 Å². The number of anilines is 1. The number of imidazole rings is 1. The molecule has 25 heavy (non-hydrogen) atoms. The second-order valence-corrected chi connectivity index (χ2v) is 6.12. The van der Waals surface area contributed by atoms with Crippen molar-refractivity contribution in [2.45, 2.75) is 26.2 Å². The minimum absolute atomic E-state index is 0. The molecular weight excluding hydrogens is 425 g/mol. The van der Waals surface area contributed by atoms with E-state index in [4.69, 9.17) is 5.73 Å². The van der Waals surface area contributed by atoms with Crippen LogP contribution in [0.4, 0.5) is 5.69 Å². The van der Waals surface area contributed by atoms with E-state index in [0.29, 0.717) is 18.4 Å². The topological polar surface area (TPSA) is 79.1 Å². The number of nitrogens with two attached hydrogens (primary N) is 1. The molecule has 0 fully saturated rings. The van der Waals surface area contributed by atoms with Gasteiger partial charge in [0.25, 0.3) is 0 Å². The SMILES string of the molecule is CC(C)c1cccc(NC(N)=NCCc2nc3ccccc3[nH]2)c1.I. The highest BCUT2D eigenvalue weighted by molar-refractivity contribution is 14.0. The molecule has 0 saturated heterocycles. The standard InChI is InChI=1S/C19H23N5.HI/c1-13(2)14-6-5-7-15(12-14)22-19(20)21-11-10-18-23-16-8-3-4-9-17(16)24-18;/h3-9,12-13H,10-11H2,1-2H3,(H,23,24)(H3,20,21,22);1H. The fraction of sp³-hybridized carbons (Fsp3) is 0.263. The molecule has 5 nitrogen and oxygen atoms in total. The summed E-state index contributed by atoms with van der Waals surface area (Å²) in [5, 5.41) is 3.15. The average molecular weight is 449 g/mol. The number of para-hydroxylation sites is 2. The lowest BCUT2D eigenvalue weighted by Gasteiger charge is -2.09. The minimum Gasteiger partial charge on any atom is -0.370 e. The Bertz CT molecular complexity index is 821. The second-order valence-electron chi connectivity index (χ2n) is 6.12. The maximum absolute atomic E-state index is 5.98. The summed E-state index contributed by atoms with van der Waals surface area (Å²) in [4.78, 5) is 12.2. The number of hydrogen-bond donors (Lipinski definition) is 3. The van der Waals surface area contributed by atoms with Crippen molar-refractivity contribution >= 4 is 46.7 Å². The summed E-state index contributed by atoms with van der Waals surface area (Å²) in [6, 6.07) is 16.2. The fourth-order valence-corrected chi connectivity index (χ4v) is 2.57. The average Bonchev–Trinajstić information content (AvgIpc) is 2.97. The van der Waals surface area contributed by atoms with Crippen LogP contribution in [0.1, 0.15) is 31.2 Å². The van der Waals surface area contributed by atoms with Crippen molar-refractivity contribution in [3.05, 3.63) is 59.9 Å². The molecule has 132 valence electrons. The number of benzene rings is 2. The molecule has 0 aliphatic rings. The number of H-pyrrole nitrogens is 1. The highest BCUT2D eigenvalue weighted by atomic mass is 127. The monoisotopic (exact) mass is 449 g/mol. The predicted molar refractivity (Wildman–Crippen MR) is 116 cm³/mol. The van der Waals surface area contributed by atoms with Crippen molar-refractivity contribution < 1.29 is 0 Å². The molecule has 0 radical (unpaired) electrons. The van der Waals surface area contributed by atoms with Gasteiger partial charge in [-0.25, -0.2) is 4.98 Å². The Hall–Kier alpha value is -2.09. The van der Waals surface area contributed by atoms with Crippen molar-refractivity contribution in [3.63, 3.8) is 0 Å². The van der Waals surface area contributed by atoms with Crippen molar-refractivity contribution in [1.29, 1.82) is 0 Å². The highest BCUT2D eigenvalue weighted by Crippen LogP contribution is 2.18. The van der Waals surface area contributed by atoms with E-state index in [1.165, 1.54) is 5.56 Å². The van der Waals surface area contributed by atoms with Crippen LogP contribution in [0.25, 0.3) is 11.0 Å². The normalized spacial score (nSPS) is 11.6. The Labute approximate surface area is 165 Å². The first-order valence-electron chi connectivity index (χ1n) is 8.22. The van der Waals surface area contributed by atoms with E-state index in [-0.39, 0.29) is 24.0 Å². The molecule has 4 N–H and O–H groups in total. The van der Waals surface area contributed by atoms with Gasteiger partial charge in [0.1, 0.15) is 5.82 Å². The first-order chi connectivity index (χ1) is 11.6. The third-order valence-corrected chi connectivity index (χ3v) is 3.89. The lowest BCUT2D eigenvalue weighted by molar-refractivity contribution is 0.867. The van der Waals surface area contributed by atoms with E-state index in [2.05, 4.69) is 46.3 Å². The Kier molecular flexibility index (Phi) is 6.81. The van der Waals surface area contributed by atoms with Crippen LogP contribution in [0.3, 0.4) is 0 Å². The fourth-order valence-electron chi connectivity index (χ4n) is 2.57. The molecule has 3 aromatic rings. The van der Waals surface area contributed by atoms with Gasteiger partial charge in [-0.15, -0.1) is 24.0 Å². The number of rotatable bonds is 5. The molecule has 6 heteroatoms. The van der Waals surface area contributed by atoms with Crippen LogP contribution in [-0.2, 0) is 6.42 Å². The number of aromatic amines is 1. The molecule has 0 unspecified atom stereocenters. The second kappa shape index (κ2) is 8.84. The molecule has 0 bridgehead atoms. The summed E-state index contributed by atoms with van der Waals surface area (Å²) in [5.74, 6) is 1.83. The zero-order valence-electron chi connectivity index (χ0n) is 14.5. The minimum atomic E-state index is 0. The van der Waals surface area contributed by atoms with Gasteiger partial charge in [-0.05, 0) is 35.7 Å². The van der Waals surface area contributed by atoms with E-state index in [1.807, 2.05) is 36.4 Å². The molecule has 0 aliphatic heterocycles. The van der Waals surface area contributed by atoms with Gasteiger partial charge in [0.05, 0.1) is 11.0 Å². The molecule has 2 aromatic carbocycles. The summed E-state index contributed by atoms with van der Waals surface area (Å²) in [6.07, 6.45) is 0.725. The first-order valence-corrected chi connectivity index (χ1v) is 8.22. The predicted octanol–water partition coefficient (Wildman–Crippen LogP) is 4.27. The number of nitrogens with one attached hydrogen (secondary N) is 2. The van der Waals surface area contributed by atoms with Gasteiger partial charge < -0.3 is 16.0 Å². The van der Waals surface area contributed by atoms with Crippen molar-refractivity contribution in [3.8, 4) is 0 Å². The smallest absolute Gasteiger partial charge is 0.193 e. The summed E-state index contributed by atoms with van der Waals surface area (Å²) in [5.41, 5.74) is 10.2. The Balaban J connectivity index is 0.00000225. The zero-order valence-corrected chi connectivity index (χ0v) is 16.8. The summed E-state index contributed by atoms with van der Waals surface area (Å²) < 4.78 is 0. The number of halogens is 1. The first kappa shape index (κ1) is 19.2. The summed E-state index contributed by atoms with van der Waals surface area (Å²) in [6.45, 7) is 4.93. The number of guanidine groups is 1. The van der Waals surface area contributed by atoms with Crippen LogP contribution < -0.4 is 11.1 Å². The molecule has 0 amide bonds. The van der Waals surface area contributed by atoms with E-state index in [0.717, 1.165) is 29.0 Å². The van der Waals surface area contributed by atoms with E-state index in [9.17, 15) is 0 Å². The van der Waals surface area contributed by atoms with Gasteiger partial charge >= 0.3 is 0 Å². The largest absolute Gasteiger partial charge is 0.370 e. The number of nitrogens with zero attached hydrogens (tertiary/aromatic N) is 2. The van der Waals surface area contributed by atoms with Crippen molar-refractivity contribution in [1.82, 2.24) is 9.97 Å². The molecular formula is C19H24IN5. The van der Waals surface area contributed by atoms with Gasteiger partial charge in [-0.3, -0.25) is 4.99 Å². The van der Waals surface area contributed by atoms with Crippen LogP contribution in [0.15, 0.2) is 53.5 Å². The maximum atomic E-state index is 5.98. The van der Waals surface area contributed by atoms with Gasteiger partial charge in [0, 0.05) is 18.7 Å². The number of aliphatic imine (C=N–C) groups is 1. The number of fused-ring (bicyclic) bond motifs is 1. The quantitative estimate of drug-likeness (QED) is 0.309. The van der Waals surface area contributed by atoms with E-state index >= 15 is 0 Å². The third-order valence-electron chi connectivity index (χ3n) is 3.89. The van der Waals surface area contributed by atoms with E-state index in [1.54, 1.807) is 0 Å². The Morgan fingerprint density at radius 3 is 2.76 bits per heavy atom. The van der Waals surface area contributed by atoms with Gasteiger partial charge in [-0.1, -0.05) is 38.1 Å². The lowest BCUT2D eigenvalue weighted by Crippen LogP contribution is -2.23. The summed E-state index contributed by atoms with van der Waals surface area (Å²) in [7, 11) is 0. The van der Waals surface area contributed by atoms with Crippen LogP contribution in [-0.4, -0.2) is 22.5 Å². The Morgan fingerprint density at radius 1 is 1.20 bits per heavy atom. The Morgan fingerprint density at radius 2 is 2.00 bits per heavy atom. The van der Waals surface area contributed by atoms with Crippen LogP contribution in [0.2, 0.25) is 0 Å². The van der Waals surface area contributed by atoms with Crippen LogP contribution in [0.5, 0.6) is 0 Å². The molecule has 0 saturated carbocycles. The molecule has 1 heterocycles. The van der Waals surface area contributed by atoms with Crippen molar-refractivity contribution in [2.24, 2.45) is 10.7 Å². The lowest BCUT2D eigenvalue weighted by atomic mass is 10.0. The van der Waals surface area contributed by atoms with Gasteiger partial charge in [-0.2, -0.15) is 0 Å². The third kappa shape index (κ3) is 5.19. The van der Waals surface area contributed by atoms with Gasteiger partial charge in [0.15, 0.2) is 5.96 Å². The molecule has 0 aliphatic carbocycles. The summed E-state index contributed by atoms with van der Waals surface area (Å²) >= 11 is 0. The molecule has 0 spiro atoms. The molecule has 0 atom stereocenters. The van der Waals surface area contributed by atoms with Crippen LogP contribution in [0, 0.1) is 0 Å². The zero-order chi connectivity index (χ0) is 16.9. The molecule has 1 aromatic heterocycles. The molecule has 3 rings (SSSR count). The van der Waals surface area contributed by atoms with Crippen molar-refractivity contribution in [2.75, 3.05) is 11.9 Å². The van der Waals surface area contributed by atoms with Crippen LogP contribution >= 0.6 is 24.0 Å². The van der Waals surface area contributed by atoms with Gasteiger partial charge in [0.2, 0.25) is 0 Å². The maximum Gasteiger partial charge on any atom is 0.193 e. The number of aromatic nitrogens is 2. The highest BCUT2D eigenvalue weighted by Gasteiger charge is 2.03. The number of hydrogen-bond acceptors (Lipinski definition) is 2.